The molecule has 9 heteroatoms. The number of hydrogen-bond acceptors (Lipinski definition) is 6. The van der Waals surface area contributed by atoms with Crippen molar-refractivity contribution in [1.29, 1.82) is 0 Å². The summed E-state index contributed by atoms with van der Waals surface area (Å²) in [6.45, 7) is 5.64. The Bertz CT molecular complexity index is 1060. The maximum absolute atomic E-state index is 12.7. The lowest BCUT2D eigenvalue weighted by molar-refractivity contribution is -0.870. The van der Waals surface area contributed by atoms with Crippen molar-refractivity contribution in [3.8, 4) is 0 Å². The fourth-order valence-electron chi connectivity index (χ4n) is 7.03. The maximum Gasteiger partial charge on any atom is 0.472 e. The zero-order valence-corrected chi connectivity index (χ0v) is 41.1. The zero-order valence-electron chi connectivity index (χ0n) is 40.2. The number of carbonyl (C=O) groups excluding carboxylic acids is 1. The van der Waals surface area contributed by atoms with Crippen LogP contribution in [0.3, 0.4) is 0 Å². The molecule has 0 bridgehead atoms. The van der Waals surface area contributed by atoms with Gasteiger partial charge >= 0.3 is 13.8 Å². The van der Waals surface area contributed by atoms with Crippen LogP contribution >= 0.6 is 7.82 Å². The van der Waals surface area contributed by atoms with Crippen molar-refractivity contribution in [1.82, 2.24) is 0 Å². The first-order valence-electron chi connectivity index (χ1n) is 25.2. The van der Waals surface area contributed by atoms with Crippen LogP contribution < -0.4 is 0 Å². The Kier molecular flexibility index (Phi) is 43.4. The topological polar surface area (TPSA) is 91.3 Å². The summed E-state index contributed by atoms with van der Waals surface area (Å²) < 4.78 is 35.1. The molecule has 2 unspecified atom stereocenters. The van der Waals surface area contributed by atoms with Crippen LogP contribution in [0.15, 0.2) is 36.5 Å². The third kappa shape index (κ3) is 47.8. The average molecular weight is 869 g/mol. The van der Waals surface area contributed by atoms with E-state index in [1.54, 1.807) is 0 Å². The number of ether oxygens (including phenoxy) is 2. The first kappa shape index (κ1) is 58.7. The second-order valence-electron chi connectivity index (χ2n) is 18.2. The van der Waals surface area contributed by atoms with Crippen molar-refractivity contribution < 1.29 is 37.3 Å². The summed E-state index contributed by atoms with van der Waals surface area (Å²) in [7, 11) is 1.67. The number of likely N-dealkylation sites (N-methyl/N-ethyl adjacent to an activating group) is 1. The number of phosphoric acid groups is 1. The molecule has 0 aromatic heterocycles. The van der Waals surface area contributed by atoms with Gasteiger partial charge in [0.05, 0.1) is 34.4 Å². The summed E-state index contributed by atoms with van der Waals surface area (Å²) in [5.41, 5.74) is 0. The Balaban J connectivity index is 4.15. The highest BCUT2D eigenvalue weighted by atomic mass is 31.2. The van der Waals surface area contributed by atoms with Crippen LogP contribution in [0.4, 0.5) is 0 Å². The van der Waals surface area contributed by atoms with Crippen LogP contribution in [0.2, 0.25) is 0 Å². The number of esters is 1. The minimum atomic E-state index is -4.28. The largest absolute Gasteiger partial charge is 0.472 e. The molecule has 0 fully saturated rings. The van der Waals surface area contributed by atoms with Gasteiger partial charge in [-0.15, -0.1) is 0 Å². The average Bonchev–Trinajstić information content (AvgIpc) is 3.20. The molecule has 0 saturated heterocycles. The number of phosphoric ester groups is 1. The van der Waals surface area contributed by atoms with Gasteiger partial charge in [-0.2, -0.15) is 0 Å². The Morgan fingerprint density at radius 3 is 1.37 bits per heavy atom. The van der Waals surface area contributed by atoms with E-state index in [9.17, 15) is 14.3 Å². The minimum Gasteiger partial charge on any atom is -0.457 e. The number of unbranched alkanes of at least 4 members (excludes halogenated alkanes) is 27. The molecule has 0 heterocycles. The number of nitrogens with zero attached hydrogens (tertiary/aromatic N) is 1. The number of allylic oxidation sites excluding steroid dienone is 6. The van der Waals surface area contributed by atoms with Gasteiger partial charge in [-0.25, -0.2) is 4.57 Å². The Hall–Kier alpha value is -1.28. The van der Waals surface area contributed by atoms with Gasteiger partial charge in [-0.1, -0.05) is 204 Å². The molecule has 354 valence electrons. The lowest BCUT2D eigenvalue weighted by atomic mass is 10.0. The molecule has 0 aliphatic rings. The van der Waals surface area contributed by atoms with Crippen LogP contribution in [-0.2, 0) is 27.9 Å². The van der Waals surface area contributed by atoms with E-state index in [0.29, 0.717) is 24.1 Å². The van der Waals surface area contributed by atoms with Crippen molar-refractivity contribution in [3.05, 3.63) is 36.5 Å². The molecule has 0 spiro atoms. The van der Waals surface area contributed by atoms with Gasteiger partial charge in [0.2, 0.25) is 0 Å². The van der Waals surface area contributed by atoms with Crippen molar-refractivity contribution in [2.24, 2.45) is 0 Å². The van der Waals surface area contributed by atoms with Gasteiger partial charge < -0.3 is 18.9 Å². The van der Waals surface area contributed by atoms with E-state index in [1.165, 1.54) is 154 Å². The van der Waals surface area contributed by atoms with Gasteiger partial charge in [0, 0.05) is 13.0 Å². The Morgan fingerprint density at radius 1 is 0.517 bits per heavy atom. The normalized spacial score (nSPS) is 13.9. The highest BCUT2D eigenvalue weighted by Gasteiger charge is 2.26. The van der Waals surface area contributed by atoms with Crippen LogP contribution in [0.1, 0.15) is 226 Å². The SMILES string of the molecule is CCCCCCC/C=C\C/C=C\C/C=C\CCCCCCCCCCC(=O)OC(COCCCCCCCCCCCCCCCCC)COP(=O)(O)OCC[N+](C)(C)C. The standard InChI is InChI=1S/C51H98NO7P/c1-6-8-10-12-14-16-18-20-22-23-24-25-26-27-28-29-30-32-34-36-38-40-42-44-51(53)59-50(49-58-60(54,55)57-47-45-52(3,4)5)48-56-46-43-41-39-37-35-33-31-21-19-17-15-13-11-9-7-2/h18,20,23-24,26-27,50H,6-17,19,21-22,25,28-49H2,1-5H3/p+1/b20-18-,24-23-,27-26-. The maximum atomic E-state index is 12.7. The molecule has 0 amide bonds. The molecular formula is C51H99NO7P+. The van der Waals surface area contributed by atoms with E-state index < -0.39 is 13.9 Å². The third-order valence-corrected chi connectivity index (χ3v) is 11.9. The van der Waals surface area contributed by atoms with Crippen LogP contribution in [-0.4, -0.2) is 75.6 Å². The van der Waals surface area contributed by atoms with E-state index in [0.717, 1.165) is 51.4 Å². The van der Waals surface area contributed by atoms with E-state index in [4.69, 9.17) is 18.5 Å². The molecule has 1 N–H and O–H groups in total. The van der Waals surface area contributed by atoms with Gasteiger partial charge in [-0.05, 0) is 51.4 Å². The van der Waals surface area contributed by atoms with Gasteiger partial charge in [0.1, 0.15) is 19.3 Å². The summed E-state index contributed by atoms with van der Waals surface area (Å²) in [4.78, 5) is 23.0. The first-order chi connectivity index (χ1) is 29.1. The van der Waals surface area contributed by atoms with Gasteiger partial charge in [-0.3, -0.25) is 13.8 Å². The summed E-state index contributed by atoms with van der Waals surface area (Å²) in [5, 5.41) is 0. The smallest absolute Gasteiger partial charge is 0.457 e. The number of rotatable bonds is 47. The van der Waals surface area contributed by atoms with Crippen molar-refractivity contribution >= 4 is 13.8 Å². The summed E-state index contributed by atoms with van der Waals surface area (Å²) in [5.74, 6) is -0.318. The van der Waals surface area contributed by atoms with Gasteiger partial charge in [0.15, 0.2) is 0 Å². The van der Waals surface area contributed by atoms with Crippen LogP contribution in [0, 0.1) is 0 Å². The fraction of sp³-hybridized carbons (Fsp3) is 0.863. The lowest BCUT2D eigenvalue weighted by Gasteiger charge is -2.24. The Morgan fingerprint density at radius 2 is 0.917 bits per heavy atom. The predicted molar refractivity (Wildman–Crippen MR) is 256 cm³/mol. The van der Waals surface area contributed by atoms with E-state index in [-0.39, 0.29) is 25.8 Å². The Labute approximate surface area is 372 Å². The quantitative estimate of drug-likeness (QED) is 0.0214. The molecule has 8 nitrogen and oxygen atoms in total. The molecule has 60 heavy (non-hydrogen) atoms. The summed E-state index contributed by atoms with van der Waals surface area (Å²) >= 11 is 0. The number of carbonyl (C=O) groups is 1. The highest BCUT2D eigenvalue weighted by molar-refractivity contribution is 7.47. The second kappa shape index (κ2) is 44.3. The molecule has 0 aliphatic carbocycles. The summed E-state index contributed by atoms with van der Waals surface area (Å²) in [6.07, 6.45) is 53.2. The van der Waals surface area contributed by atoms with Gasteiger partial charge in [0.25, 0.3) is 0 Å². The van der Waals surface area contributed by atoms with E-state index in [1.807, 2.05) is 21.1 Å². The van der Waals surface area contributed by atoms with Crippen molar-refractivity contribution in [2.75, 3.05) is 54.1 Å². The molecule has 0 radical (unpaired) electrons. The third-order valence-electron chi connectivity index (χ3n) is 11.0. The van der Waals surface area contributed by atoms with Crippen molar-refractivity contribution in [2.45, 2.75) is 232 Å². The summed E-state index contributed by atoms with van der Waals surface area (Å²) in [6, 6.07) is 0. The van der Waals surface area contributed by atoms with Crippen LogP contribution in [0.25, 0.3) is 0 Å². The molecule has 0 saturated carbocycles. The molecule has 0 aromatic rings. The monoisotopic (exact) mass is 869 g/mol. The predicted octanol–water partition coefficient (Wildman–Crippen LogP) is 15.3. The molecule has 2 atom stereocenters. The fourth-order valence-corrected chi connectivity index (χ4v) is 7.77. The molecular weight excluding hydrogens is 770 g/mol. The molecule has 0 aromatic carbocycles. The first-order valence-corrected chi connectivity index (χ1v) is 26.7. The number of hydrogen-bond donors (Lipinski definition) is 1. The molecule has 0 rings (SSSR count). The highest BCUT2D eigenvalue weighted by Crippen LogP contribution is 2.43. The van der Waals surface area contributed by atoms with E-state index >= 15 is 0 Å². The lowest BCUT2D eigenvalue weighted by Crippen LogP contribution is -2.37. The molecule has 0 aliphatic heterocycles. The van der Waals surface area contributed by atoms with Crippen LogP contribution in [0.5, 0.6) is 0 Å². The zero-order chi connectivity index (χ0) is 44.1. The minimum absolute atomic E-state index is 0.0881. The second-order valence-corrected chi connectivity index (χ2v) is 19.7. The van der Waals surface area contributed by atoms with Crippen molar-refractivity contribution in [3.63, 3.8) is 0 Å². The number of quaternary nitrogens is 1. The van der Waals surface area contributed by atoms with E-state index in [2.05, 4.69) is 50.3 Å².